The topological polar surface area (TPSA) is 9.23 Å². The van der Waals surface area contributed by atoms with Crippen molar-refractivity contribution in [1.82, 2.24) is 0 Å². The van der Waals surface area contributed by atoms with E-state index in [9.17, 15) is 0 Å². The SMILES string of the molecule is C=C(C)CC1(c2cc(C)ccc2OC)CCCC1(C)C. The molecule has 20 heavy (non-hydrogen) atoms. The van der Waals surface area contributed by atoms with Gasteiger partial charge >= 0.3 is 0 Å². The summed E-state index contributed by atoms with van der Waals surface area (Å²) in [5, 5.41) is 0. The number of ether oxygens (including phenoxy) is 1. The highest BCUT2D eigenvalue weighted by Crippen LogP contribution is 2.58. The molecule has 1 nitrogen and oxygen atoms in total. The number of hydrogen-bond acceptors (Lipinski definition) is 1. The fourth-order valence-electron chi connectivity index (χ4n) is 4.04. The summed E-state index contributed by atoms with van der Waals surface area (Å²) in [5.41, 5.74) is 4.40. The quantitative estimate of drug-likeness (QED) is 0.665. The molecule has 0 amide bonds. The fraction of sp³-hybridized carbons (Fsp3) is 0.579. The van der Waals surface area contributed by atoms with Gasteiger partial charge in [0, 0.05) is 11.0 Å². The third kappa shape index (κ3) is 2.39. The molecule has 1 aliphatic carbocycles. The van der Waals surface area contributed by atoms with Gasteiger partial charge in [-0.15, -0.1) is 6.58 Å². The molecule has 0 spiro atoms. The Hall–Kier alpha value is -1.24. The largest absolute Gasteiger partial charge is 0.496 e. The summed E-state index contributed by atoms with van der Waals surface area (Å²) in [4.78, 5) is 0. The van der Waals surface area contributed by atoms with Crippen molar-refractivity contribution >= 4 is 0 Å². The zero-order valence-corrected chi connectivity index (χ0v) is 13.7. The molecule has 110 valence electrons. The maximum Gasteiger partial charge on any atom is 0.122 e. The molecule has 1 atom stereocenters. The van der Waals surface area contributed by atoms with E-state index in [1.165, 1.54) is 36.0 Å². The van der Waals surface area contributed by atoms with Gasteiger partial charge in [-0.05, 0) is 44.6 Å². The Labute approximate surface area is 124 Å². The number of benzene rings is 1. The van der Waals surface area contributed by atoms with E-state index in [0.29, 0.717) is 0 Å². The summed E-state index contributed by atoms with van der Waals surface area (Å²) in [7, 11) is 1.78. The van der Waals surface area contributed by atoms with Gasteiger partial charge in [0.1, 0.15) is 5.75 Å². The molecular weight excluding hydrogens is 244 g/mol. The second-order valence-corrected chi connectivity index (χ2v) is 7.16. The van der Waals surface area contributed by atoms with Crippen molar-refractivity contribution in [3.8, 4) is 5.75 Å². The zero-order valence-electron chi connectivity index (χ0n) is 13.7. The van der Waals surface area contributed by atoms with Gasteiger partial charge in [0.05, 0.1) is 7.11 Å². The molecule has 1 heteroatoms. The number of methoxy groups -OCH3 is 1. The molecule has 1 aromatic rings. The van der Waals surface area contributed by atoms with Gasteiger partial charge < -0.3 is 4.74 Å². The maximum absolute atomic E-state index is 5.68. The second kappa shape index (κ2) is 5.27. The minimum absolute atomic E-state index is 0.163. The molecule has 0 aliphatic heterocycles. The van der Waals surface area contributed by atoms with Gasteiger partial charge in [-0.25, -0.2) is 0 Å². The van der Waals surface area contributed by atoms with Crippen LogP contribution in [-0.2, 0) is 5.41 Å². The average Bonchev–Trinajstić information content (AvgIpc) is 2.64. The Kier molecular flexibility index (Phi) is 4.00. The highest BCUT2D eigenvalue weighted by atomic mass is 16.5. The lowest BCUT2D eigenvalue weighted by atomic mass is 9.61. The van der Waals surface area contributed by atoms with Crippen LogP contribution in [0, 0.1) is 12.3 Å². The van der Waals surface area contributed by atoms with Crippen LogP contribution in [0.3, 0.4) is 0 Å². The van der Waals surface area contributed by atoms with Crippen molar-refractivity contribution in [3.05, 3.63) is 41.5 Å². The summed E-state index contributed by atoms with van der Waals surface area (Å²) in [6, 6.07) is 6.59. The minimum Gasteiger partial charge on any atom is -0.496 e. The van der Waals surface area contributed by atoms with E-state index in [-0.39, 0.29) is 10.8 Å². The fourth-order valence-corrected chi connectivity index (χ4v) is 4.04. The zero-order chi connectivity index (χ0) is 15.0. The van der Waals surface area contributed by atoms with Crippen molar-refractivity contribution in [1.29, 1.82) is 0 Å². The molecule has 0 N–H and O–H groups in total. The van der Waals surface area contributed by atoms with Gasteiger partial charge in [0.25, 0.3) is 0 Å². The summed E-state index contributed by atoms with van der Waals surface area (Å²) >= 11 is 0. The molecule has 0 heterocycles. The van der Waals surface area contributed by atoms with E-state index < -0.39 is 0 Å². The standard InChI is InChI=1S/C19H28O/c1-14(2)13-19(11-7-10-18(19,4)5)16-12-15(3)8-9-17(16)20-6/h8-9,12H,1,7,10-11,13H2,2-6H3. The van der Waals surface area contributed by atoms with Crippen LogP contribution >= 0.6 is 0 Å². The molecule has 0 radical (unpaired) electrons. The van der Waals surface area contributed by atoms with Crippen LogP contribution in [-0.4, -0.2) is 7.11 Å². The molecule has 0 bridgehead atoms. The summed E-state index contributed by atoms with van der Waals surface area (Å²) < 4.78 is 5.68. The minimum atomic E-state index is 0.163. The van der Waals surface area contributed by atoms with Crippen LogP contribution in [0.1, 0.15) is 57.6 Å². The van der Waals surface area contributed by atoms with E-state index in [2.05, 4.69) is 52.5 Å². The highest BCUT2D eigenvalue weighted by Gasteiger charge is 2.50. The summed E-state index contributed by atoms with van der Waals surface area (Å²) in [5.74, 6) is 1.03. The predicted molar refractivity (Wildman–Crippen MR) is 86.5 cm³/mol. The molecule has 1 aliphatic rings. The Morgan fingerprint density at radius 3 is 2.50 bits per heavy atom. The van der Waals surface area contributed by atoms with E-state index >= 15 is 0 Å². The first kappa shape index (κ1) is 15.2. The molecule has 0 saturated heterocycles. The normalized spacial score (nSPS) is 24.6. The Morgan fingerprint density at radius 1 is 1.30 bits per heavy atom. The lowest BCUT2D eigenvalue weighted by Gasteiger charge is -2.43. The van der Waals surface area contributed by atoms with Gasteiger partial charge in [0.2, 0.25) is 0 Å². The third-order valence-electron chi connectivity index (χ3n) is 5.17. The molecule has 1 fully saturated rings. The molecule has 0 aromatic heterocycles. The van der Waals surface area contributed by atoms with E-state index in [0.717, 1.165) is 12.2 Å². The van der Waals surface area contributed by atoms with E-state index in [1.807, 2.05) is 0 Å². The van der Waals surface area contributed by atoms with Crippen molar-refractivity contribution in [2.24, 2.45) is 5.41 Å². The first-order chi connectivity index (χ1) is 9.32. The van der Waals surface area contributed by atoms with Gasteiger partial charge in [-0.3, -0.25) is 0 Å². The van der Waals surface area contributed by atoms with Crippen LogP contribution in [0.2, 0.25) is 0 Å². The lowest BCUT2D eigenvalue weighted by Crippen LogP contribution is -2.38. The first-order valence-corrected chi connectivity index (χ1v) is 7.62. The van der Waals surface area contributed by atoms with Gasteiger partial charge in [-0.1, -0.05) is 43.5 Å². The van der Waals surface area contributed by atoms with E-state index in [4.69, 9.17) is 4.74 Å². The second-order valence-electron chi connectivity index (χ2n) is 7.16. The molecular formula is C19H28O. The molecule has 2 rings (SSSR count). The van der Waals surface area contributed by atoms with Crippen molar-refractivity contribution < 1.29 is 4.74 Å². The van der Waals surface area contributed by atoms with Crippen LogP contribution in [0.4, 0.5) is 0 Å². The Bertz CT molecular complexity index is 512. The Balaban J connectivity index is 2.64. The van der Waals surface area contributed by atoms with Crippen LogP contribution in [0.5, 0.6) is 5.75 Å². The maximum atomic E-state index is 5.68. The Morgan fingerprint density at radius 2 is 2.00 bits per heavy atom. The molecule has 1 saturated carbocycles. The first-order valence-electron chi connectivity index (χ1n) is 7.62. The van der Waals surface area contributed by atoms with Gasteiger partial charge in [0.15, 0.2) is 0 Å². The third-order valence-corrected chi connectivity index (χ3v) is 5.17. The van der Waals surface area contributed by atoms with E-state index in [1.54, 1.807) is 7.11 Å². The average molecular weight is 272 g/mol. The van der Waals surface area contributed by atoms with Gasteiger partial charge in [-0.2, -0.15) is 0 Å². The smallest absolute Gasteiger partial charge is 0.122 e. The van der Waals surface area contributed by atoms with Crippen molar-refractivity contribution in [2.75, 3.05) is 7.11 Å². The van der Waals surface area contributed by atoms with Crippen LogP contribution in [0.15, 0.2) is 30.4 Å². The number of rotatable bonds is 4. The predicted octanol–water partition coefficient (Wildman–Crippen LogP) is 5.42. The number of aryl methyl sites for hydroxylation is 1. The lowest BCUT2D eigenvalue weighted by molar-refractivity contribution is 0.195. The summed E-state index contributed by atoms with van der Waals surface area (Å²) in [6.45, 7) is 13.3. The summed E-state index contributed by atoms with van der Waals surface area (Å²) in [6.07, 6.45) is 4.85. The van der Waals surface area contributed by atoms with Crippen molar-refractivity contribution in [2.45, 2.75) is 58.8 Å². The van der Waals surface area contributed by atoms with Crippen molar-refractivity contribution in [3.63, 3.8) is 0 Å². The monoisotopic (exact) mass is 272 g/mol. The van der Waals surface area contributed by atoms with Crippen LogP contribution in [0.25, 0.3) is 0 Å². The molecule has 1 aromatic carbocycles. The molecule has 1 unspecified atom stereocenters. The van der Waals surface area contributed by atoms with Crippen LogP contribution < -0.4 is 4.74 Å². The highest BCUT2D eigenvalue weighted by molar-refractivity contribution is 5.45. The number of allylic oxidation sites excluding steroid dienone is 1. The number of hydrogen-bond donors (Lipinski definition) is 0.